The van der Waals surface area contributed by atoms with E-state index in [2.05, 4.69) is 25.9 Å². The van der Waals surface area contributed by atoms with Gasteiger partial charge in [0.05, 0.1) is 24.7 Å². The van der Waals surface area contributed by atoms with Gasteiger partial charge in [-0.1, -0.05) is 15.9 Å². The van der Waals surface area contributed by atoms with Crippen molar-refractivity contribution in [1.82, 2.24) is 9.97 Å². The first kappa shape index (κ1) is 8.46. The maximum absolute atomic E-state index is 5.12. The first-order chi connectivity index (χ1) is 5.36. The zero-order chi connectivity index (χ0) is 8.10. The predicted molar refractivity (Wildman–Crippen MR) is 45.8 cm³/mol. The summed E-state index contributed by atoms with van der Waals surface area (Å²) in [7, 11) is 0. The Labute approximate surface area is 73.9 Å². The second kappa shape index (κ2) is 4.28. The van der Waals surface area contributed by atoms with E-state index in [-0.39, 0.29) is 0 Å². The number of halogens is 1. The summed E-state index contributed by atoms with van der Waals surface area (Å²) >= 11 is 3.28. The topological polar surface area (TPSA) is 35.0 Å². The third-order valence-corrected chi connectivity index (χ3v) is 1.69. The summed E-state index contributed by atoms with van der Waals surface area (Å²) in [6.07, 6.45) is 3.32. The van der Waals surface area contributed by atoms with Gasteiger partial charge >= 0.3 is 0 Å². The van der Waals surface area contributed by atoms with Gasteiger partial charge in [0.25, 0.3) is 0 Å². The summed E-state index contributed by atoms with van der Waals surface area (Å²) in [6, 6.07) is 0. The second-order valence-electron chi connectivity index (χ2n) is 1.91. The van der Waals surface area contributed by atoms with Gasteiger partial charge in [-0.05, 0) is 6.92 Å². The molecule has 0 spiro atoms. The normalized spacial score (nSPS) is 9.64. The van der Waals surface area contributed by atoms with Crippen LogP contribution in [0.4, 0.5) is 0 Å². The van der Waals surface area contributed by atoms with Crippen LogP contribution in [0.15, 0.2) is 12.4 Å². The summed E-state index contributed by atoms with van der Waals surface area (Å²) < 4.78 is 5.12. The van der Waals surface area contributed by atoms with Crippen LogP contribution >= 0.6 is 15.9 Å². The van der Waals surface area contributed by atoms with Gasteiger partial charge in [0.1, 0.15) is 0 Å². The zero-order valence-electron chi connectivity index (χ0n) is 6.25. The highest BCUT2D eigenvalue weighted by Crippen LogP contribution is 2.05. The Morgan fingerprint density at radius 3 is 2.73 bits per heavy atom. The fourth-order valence-electron chi connectivity index (χ4n) is 0.634. The molecule has 0 saturated heterocycles. The Hall–Kier alpha value is -0.640. The molecule has 0 radical (unpaired) electrons. The van der Waals surface area contributed by atoms with Gasteiger partial charge < -0.3 is 4.74 Å². The Balaban J connectivity index is 2.66. The van der Waals surface area contributed by atoms with Crippen LogP contribution in [0.25, 0.3) is 0 Å². The monoisotopic (exact) mass is 216 g/mol. The highest BCUT2D eigenvalue weighted by Gasteiger charge is 1.94. The first-order valence-corrected chi connectivity index (χ1v) is 4.48. The summed E-state index contributed by atoms with van der Waals surface area (Å²) in [6.45, 7) is 2.54. The predicted octanol–water partition coefficient (Wildman–Crippen LogP) is 1.77. The number of hydrogen-bond acceptors (Lipinski definition) is 3. The molecular formula is C7H9BrN2O. The van der Waals surface area contributed by atoms with Gasteiger partial charge in [-0.25, -0.2) is 4.98 Å². The van der Waals surface area contributed by atoms with Gasteiger partial charge in [-0.15, -0.1) is 0 Å². The van der Waals surface area contributed by atoms with Crippen molar-refractivity contribution in [3.8, 4) is 5.88 Å². The van der Waals surface area contributed by atoms with Gasteiger partial charge in [0, 0.05) is 5.33 Å². The molecule has 0 N–H and O–H groups in total. The minimum absolute atomic E-state index is 0.581. The third kappa shape index (κ3) is 2.46. The Kier molecular flexibility index (Phi) is 3.29. The smallest absolute Gasteiger partial charge is 0.232 e. The van der Waals surface area contributed by atoms with Crippen molar-refractivity contribution < 1.29 is 4.74 Å². The molecule has 4 heteroatoms. The van der Waals surface area contributed by atoms with Crippen LogP contribution in [-0.2, 0) is 5.33 Å². The van der Waals surface area contributed by atoms with Crippen LogP contribution in [0.2, 0.25) is 0 Å². The third-order valence-electron chi connectivity index (χ3n) is 1.11. The molecule has 1 aromatic rings. The fraction of sp³-hybridized carbons (Fsp3) is 0.429. The Bertz CT molecular complexity index is 212. The largest absolute Gasteiger partial charge is 0.477 e. The molecule has 0 saturated carbocycles. The lowest BCUT2D eigenvalue weighted by Gasteiger charge is -2.00. The summed E-state index contributed by atoms with van der Waals surface area (Å²) in [4.78, 5) is 8.11. The molecule has 1 rings (SSSR count). The Morgan fingerprint density at radius 2 is 2.27 bits per heavy atom. The van der Waals surface area contributed by atoms with Crippen LogP contribution in [0.1, 0.15) is 12.6 Å². The minimum atomic E-state index is 0.581. The van der Waals surface area contributed by atoms with Crippen molar-refractivity contribution in [2.45, 2.75) is 12.3 Å². The molecule has 0 unspecified atom stereocenters. The number of ether oxygens (including phenoxy) is 1. The standard InChI is InChI=1S/C7H9BrN2O/c1-2-11-7-5-9-6(3-8)4-10-7/h4-5H,2-3H2,1H3. The molecule has 0 aliphatic carbocycles. The lowest BCUT2D eigenvalue weighted by molar-refractivity contribution is 0.325. The van der Waals surface area contributed by atoms with E-state index >= 15 is 0 Å². The molecule has 11 heavy (non-hydrogen) atoms. The van der Waals surface area contributed by atoms with E-state index in [4.69, 9.17) is 4.74 Å². The summed E-state index contributed by atoms with van der Waals surface area (Å²) in [5.74, 6) is 0.581. The van der Waals surface area contributed by atoms with Gasteiger partial charge in [-0.3, -0.25) is 4.98 Å². The van der Waals surface area contributed by atoms with Crippen molar-refractivity contribution in [2.75, 3.05) is 6.61 Å². The van der Waals surface area contributed by atoms with E-state index in [1.54, 1.807) is 12.4 Å². The molecule has 0 atom stereocenters. The van der Waals surface area contributed by atoms with Crippen molar-refractivity contribution in [1.29, 1.82) is 0 Å². The maximum Gasteiger partial charge on any atom is 0.232 e. The van der Waals surface area contributed by atoms with E-state index < -0.39 is 0 Å². The molecule has 0 aliphatic heterocycles. The lowest BCUT2D eigenvalue weighted by Crippen LogP contribution is -1.96. The van der Waals surface area contributed by atoms with Crippen molar-refractivity contribution >= 4 is 15.9 Å². The van der Waals surface area contributed by atoms with Crippen LogP contribution in [-0.4, -0.2) is 16.6 Å². The number of alkyl halides is 1. The quantitative estimate of drug-likeness (QED) is 0.723. The van der Waals surface area contributed by atoms with Crippen LogP contribution in [0.3, 0.4) is 0 Å². The van der Waals surface area contributed by atoms with E-state index in [1.807, 2.05) is 6.92 Å². The number of aromatic nitrogens is 2. The van der Waals surface area contributed by atoms with Gasteiger partial charge in [0.2, 0.25) is 5.88 Å². The van der Waals surface area contributed by atoms with Crippen LogP contribution < -0.4 is 4.74 Å². The van der Waals surface area contributed by atoms with Gasteiger partial charge in [-0.2, -0.15) is 0 Å². The molecule has 1 heterocycles. The van der Waals surface area contributed by atoms with Crippen molar-refractivity contribution in [3.05, 3.63) is 18.1 Å². The highest BCUT2D eigenvalue weighted by atomic mass is 79.9. The number of hydrogen-bond donors (Lipinski definition) is 0. The average Bonchev–Trinajstić information content (AvgIpc) is 2.07. The molecular weight excluding hydrogens is 208 g/mol. The van der Waals surface area contributed by atoms with E-state index in [1.165, 1.54) is 0 Å². The molecule has 60 valence electrons. The number of rotatable bonds is 3. The second-order valence-corrected chi connectivity index (χ2v) is 2.47. The van der Waals surface area contributed by atoms with E-state index in [0.717, 1.165) is 11.0 Å². The van der Waals surface area contributed by atoms with E-state index in [9.17, 15) is 0 Å². The Morgan fingerprint density at radius 1 is 1.45 bits per heavy atom. The molecule has 0 fully saturated rings. The molecule has 0 aromatic carbocycles. The summed E-state index contributed by atoms with van der Waals surface area (Å²) in [5, 5.41) is 0.729. The van der Waals surface area contributed by atoms with Crippen LogP contribution in [0.5, 0.6) is 5.88 Å². The number of nitrogens with zero attached hydrogens (tertiary/aromatic N) is 2. The molecule has 1 aromatic heterocycles. The van der Waals surface area contributed by atoms with Gasteiger partial charge in [0.15, 0.2) is 0 Å². The van der Waals surface area contributed by atoms with Crippen molar-refractivity contribution in [2.24, 2.45) is 0 Å². The maximum atomic E-state index is 5.12. The lowest BCUT2D eigenvalue weighted by atomic mass is 10.5. The molecule has 0 aliphatic rings. The zero-order valence-corrected chi connectivity index (χ0v) is 7.84. The van der Waals surface area contributed by atoms with Crippen LogP contribution in [0, 0.1) is 0 Å². The molecule has 0 bridgehead atoms. The highest BCUT2D eigenvalue weighted by molar-refractivity contribution is 9.08. The molecule has 3 nitrogen and oxygen atoms in total. The minimum Gasteiger partial charge on any atom is -0.477 e. The SMILES string of the molecule is CCOc1cnc(CBr)cn1. The molecule has 0 amide bonds. The average molecular weight is 217 g/mol. The van der Waals surface area contributed by atoms with E-state index in [0.29, 0.717) is 12.5 Å². The van der Waals surface area contributed by atoms with Crippen molar-refractivity contribution in [3.63, 3.8) is 0 Å². The summed E-state index contributed by atoms with van der Waals surface area (Å²) in [5.41, 5.74) is 0.911. The fourth-order valence-corrected chi connectivity index (χ4v) is 0.924. The first-order valence-electron chi connectivity index (χ1n) is 3.36.